The van der Waals surface area contributed by atoms with E-state index in [9.17, 15) is 0 Å². The van der Waals surface area contributed by atoms with E-state index in [1.54, 1.807) is 0 Å². The number of unbranched alkanes of at least 4 members (excludes halogenated alkanes) is 2. The first-order chi connectivity index (χ1) is 7.15. The van der Waals surface area contributed by atoms with Gasteiger partial charge >= 0.3 is 0 Å². The molecule has 0 heterocycles. The van der Waals surface area contributed by atoms with Gasteiger partial charge in [0, 0.05) is 25.0 Å². The van der Waals surface area contributed by atoms with E-state index >= 15 is 0 Å². The summed E-state index contributed by atoms with van der Waals surface area (Å²) in [5.74, 6) is 1.48. The Kier molecular flexibility index (Phi) is 18.5. The highest BCUT2D eigenvalue weighted by molar-refractivity contribution is 6.18. The standard InChI is InChI=1S/C8H16Cl2O.HNO3/c9-5-1-3-7-11-8-4-2-6-10;2-1(3)4/h1-8H2;(H,2,3,4). The van der Waals surface area contributed by atoms with Crippen LogP contribution < -0.4 is 0 Å². The van der Waals surface area contributed by atoms with Crippen molar-refractivity contribution in [2.75, 3.05) is 25.0 Å². The van der Waals surface area contributed by atoms with Crippen molar-refractivity contribution in [2.45, 2.75) is 25.7 Å². The first-order valence-electron chi connectivity index (χ1n) is 4.68. The van der Waals surface area contributed by atoms with Crippen LogP contribution in [0.2, 0.25) is 0 Å². The van der Waals surface area contributed by atoms with Gasteiger partial charge in [0.2, 0.25) is 0 Å². The molecule has 0 aromatic heterocycles. The second-order valence-corrected chi connectivity index (χ2v) is 3.40. The number of hydrogen-bond acceptors (Lipinski definition) is 3. The Morgan fingerprint density at radius 1 is 1.07 bits per heavy atom. The Balaban J connectivity index is 0. The molecule has 5 nitrogen and oxygen atoms in total. The summed E-state index contributed by atoms with van der Waals surface area (Å²) >= 11 is 11.0. The number of alkyl halides is 2. The van der Waals surface area contributed by atoms with Gasteiger partial charge in [0.25, 0.3) is 5.09 Å². The smallest absolute Gasteiger partial charge is 0.291 e. The Bertz CT molecular complexity index is 126. The molecular formula is C8H17Cl2NO4. The van der Waals surface area contributed by atoms with Crippen LogP contribution in [0, 0.1) is 10.1 Å². The fourth-order valence-electron chi connectivity index (χ4n) is 0.699. The molecule has 0 aromatic carbocycles. The Morgan fingerprint density at radius 2 is 1.40 bits per heavy atom. The molecular weight excluding hydrogens is 245 g/mol. The van der Waals surface area contributed by atoms with Crippen molar-refractivity contribution >= 4 is 23.2 Å². The summed E-state index contributed by atoms with van der Waals surface area (Å²) in [6.07, 6.45) is 4.25. The third-order valence-corrected chi connectivity index (χ3v) is 1.88. The molecule has 0 amide bonds. The Labute approximate surface area is 99.4 Å². The Morgan fingerprint density at radius 3 is 1.67 bits per heavy atom. The van der Waals surface area contributed by atoms with Gasteiger partial charge in [-0.05, 0) is 25.7 Å². The number of rotatable bonds is 8. The maximum absolute atomic E-state index is 8.36. The average molecular weight is 262 g/mol. The number of halogens is 2. The Hall–Kier alpha value is -0.260. The van der Waals surface area contributed by atoms with Crippen LogP contribution in [0.5, 0.6) is 0 Å². The summed E-state index contributed by atoms with van der Waals surface area (Å²) in [5.41, 5.74) is 0. The lowest BCUT2D eigenvalue weighted by Crippen LogP contribution is -1.97. The summed E-state index contributed by atoms with van der Waals surface area (Å²) in [5, 5.41) is 13.6. The van der Waals surface area contributed by atoms with Crippen molar-refractivity contribution < 1.29 is 15.0 Å². The molecule has 15 heavy (non-hydrogen) atoms. The molecule has 0 radical (unpaired) electrons. The fraction of sp³-hybridized carbons (Fsp3) is 1.00. The zero-order valence-corrected chi connectivity index (χ0v) is 10.0. The van der Waals surface area contributed by atoms with Gasteiger partial charge in [-0.25, -0.2) is 0 Å². The van der Waals surface area contributed by atoms with Gasteiger partial charge in [-0.1, -0.05) is 0 Å². The molecule has 0 aliphatic carbocycles. The van der Waals surface area contributed by atoms with E-state index in [1.165, 1.54) is 0 Å². The maximum Gasteiger partial charge on any atom is 0.291 e. The van der Waals surface area contributed by atoms with Crippen LogP contribution in [0.25, 0.3) is 0 Å². The summed E-state index contributed by atoms with van der Waals surface area (Å²) in [7, 11) is 0. The van der Waals surface area contributed by atoms with Crippen molar-refractivity contribution in [1.29, 1.82) is 0 Å². The van der Waals surface area contributed by atoms with Crippen LogP contribution in [-0.4, -0.2) is 35.3 Å². The summed E-state index contributed by atoms with van der Waals surface area (Å²) in [6.45, 7) is 1.68. The van der Waals surface area contributed by atoms with Crippen molar-refractivity contribution in [3.63, 3.8) is 0 Å². The van der Waals surface area contributed by atoms with Gasteiger partial charge in [-0.15, -0.1) is 33.3 Å². The summed E-state index contributed by atoms with van der Waals surface area (Å²) in [6, 6.07) is 0. The SMILES string of the molecule is ClCCCCOCCCCCl.O=[N+]([O-])O. The highest BCUT2D eigenvalue weighted by atomic mass is 35.5. The molecule has 0 spiro atoms. The predicted octanol–water partition coefficient (Wildman–Crippen LogP) is 2.69. The van der Waals surface area contributed by atoms with Crippen molar-refractivity contribution in [1.82, 2.24) is 0 Å². The van der Waals surface area contributed by atoms with Crippen LogP contribution in [0.1, 0.15) is 25.7 Å². The zero-order chi connectivity index (χ0) is 11.9. The van der Waals surface area contributed by atoms with Gasteiger partial charge in [0.1, 0.15) is 0 Å². The molecule has 1 N–H and O–H groups in total. The normalized spacial score (nSPS) is 9.20. The predicted molar refractivity (Wildman–Crippen MR) is 59.5 cm³/mol. The van der Waals surface area contributed by atoms with E-state index in [1.807, 2.05) is 0 Å². The summed E-state index contributed by atoms with van der Waals surface area (Å²) in [4.78, 5) is 8.36. The van der Waals surface area contributed by atoms with E-state index in [2.05, 4.69) is 0 Å². The molecule has 0 saturated carbocycles. The van der Waals surface area contributed by atoms with E-state index in [0.29, 0.717) is 0 Å². The van der Waals surface area contributed by atoms with Gasteiger partial charge in [-0.2, -0.15) is 0 Å². The monoisotopic (exact) mass is 261 g/mol. The molecule has 7 heteroatoms. The van der Waals surface area contributed by atoms with Crippen LogP contribution in [0.4, 0.5) is 0 Å². The minimum Gasteiger partial charge on any atom is -0.381 e. The maximum atomic E-state index is 8.36. The molecule has 92 valence electrons. The van der Waals surface area contributed by atoms with Crippen molar-refractivity contribution in [3.8, 4) is 0 Å². The third kappa shape index (κ3) is 31.6. The zero-order valence-electron chi connectivity index (χ0n) is 8.53. The minimum absolute atomic E-state index is 0.741. The van der Waals surface area contributed by atoms with Gasteiger partial charge in [0.15, 0.2) is 0 Å². The van der Waals surface area contributed by atoms with E-state index in [0.717, 1.165) is 50.7 Å². The van der Waals surface area contributed by atoms with Gasteiger partial charge < -0.3 is 9.94 Å². The summed E-state index contributed by atoms with van der Waals surface area (Å²) < 4.78 is 5.32. The van der Waals surface area contributed by atoms with E-state index < -0.39 is 5.09 Å². The number of nitrogens with zero attached hydrogens (tertiary/aromatic N) is 1. The molecule has 0 aliphatic heterocycles. The molecule has 0 unspecified atom stereocenters. The highest BCUT2D eigenvalue weighted by Gasteiger charge is 1.88. The first kappa shape index (κ1) is 17.1. The second-order valence-electron chi connectivity index (χ2n) is 2.64. The molecule has 0 saturated heterocycles. The van der Waals surface area contributed by atoms with Crippen molar-refractivity contribution in [2.24, 2.45) is 0 Å². The number of ether oxygens (including phenoxy) is 1. The van der Waals surface area contributed by atoms with E-state index in [-0.39, 0.29) is 0 Å². The lowest BCUT2D eigenvalue weighted by atomic mass is 10.3. The van der Waals surface area contributed by atoms with Gasteiger partial charge in [-0.3, -0.25) is 0 Å². The lowest BCUT2D eigenvalue weighted by molar-refractivity contribution is -0.742. The van der Waals surface area contributed by atoms with Crippen LogP contribution in [-0.2, 0) is 4.74 Å². The quantitative estimate of drug-likeness (QED) is 0.316. The van der Waals surface area contributed by atoms with E-state index in [4.69, 9.17) is 43.3 Å². The molecule has 0 bridgehead atoms. The van der Waals surface area contributed by atoms with Gasteiger partial charge in [0.05, 0.1) is 0 Å². The number of hydrogen-bond donors (Lipinski definition) is 1. The minimum atomic E-state index is -1.50. The van der Waals surface area contributed by atoms with Crippen LogP contribution in [0.3, 0.4) is 0 Å². The molecule has 0 fully saturated rings. The third-order valence-electron chi connectivity index (χ3n) is 1.34. The van der Waals surface area contributed by atoms with Crippen molar-refractivity contribution in [3.05, 3.63) is 10.1 Å². The van der Waals surface area contributed by atoms with Crippen LogP contribution in [0.15, 0.2) is 0 Å². The highest BCUT2D eigenvalue weighted by Crippen LogP contribution is 1.95. The lowest BCUT2D eigenvalue weighted by Gasteiger charge is -2.01. The molecule has 0 rings (SSSR count). The van der Waals surface area contributed by atoms with Crippen LogP contribution >= 0.6 is 23.2 Å². The molecule has 0 aliphatic rings. The average Bonchev–Trinajstić information content (AvgIpc) is 2.16. The molecule has 0 aromatic rings. The first-order valence-corrected chi connectivity index (χ1v) is 5.75. The largest absolute Gasteiger partial charge is 0.381 e. The second kappa shape index (κ2) is 16.2. The topological polar surface area (TPSA) is 72.6 Å². The fourth-order valence-corrected chi connectivity index (χ4v) is 1.08. The molecule has 0 atom stereocenters.